The van der Waals surface area contributed by atoms with Crippen molar-refractivity contribution in [2.24, 2.45) is 5.92 Å². The van der Waals surface area contributed by atoms with Crippen LogP contribution in [0.4, 0.5) is 0 Å². The Bertz CT molecular complexity index is 201. The Balaban J connectivity index is 1.65. The zero-order valence-electron chi connectivity index (χ0n) is 11.0. The second-order valence-corrected chi connectivity index (χ2v) is 5.77. The molecule has 1 aliphatic heterocycles. The maximum Gasteiger partial charge on any atom is 0.0220 e. The van der Waals surface area contributed by atoms with Crippen molar-refractivity contribution in [3.05, 3.63) is 0 Å². The van der Waals surface area contributed by atoms with E-state index in [0.717, 1.165) is 18.0 Å². The summed E-state index contributed by atoms with van der Waals surface area (Å²) >= 11 is 0. The summed E-state index contributed by atoms with van der Waals surface area (Å²) in [5.74, 6) is 1.05. The Morgan fingerprint density at radius 1 is 1.25 bits per heavy atom. The van der Waals surface area contributed by atoms with Crippen LogP contribution >= 0.6 is 0 Å². The molecule has 2 fully saturated rings. The summed E-state index contributed by atoms with van der Waals surface area (Å²) in [7, 11) is 0. The van der Waals surface area contributed by atoms with Crippen molar-refractivity contribution in [3.8, 4) is 0 Å². The van der Waals surface area contributed by atoms with Crippen LogP contribution in [-0.4, -0.2) is 36.6 Å². The Hall–Kier alpha value is -0.0800. The van der Waals surface area contributed by atoms with Gasteiger partial charge in [-0.3, -0.25) is 4.90 Å². The monoisotopic (exact) mass is 224 g/mol. The van der Waals surface area contributed by atoms with Gasteiger partial charge in [-0.1, -0.05) is 26.2 Å². The summed E-state index contributed by atoms with van der Waals surface area (Å²) in [6.45, 7) is 8.41. The normalized spacial score (nSPS) is 29.2. The van der Waals surface area contributed by atoms with Crippen LogP contribution in [0.5, 0.6) is 0 Å². The van der Waals surface area contributed by atoms with Crippen molar-refractivity contribution in [1.82, 2.24) is 10.2 Å². The lowest BCUT2D eigenvalue weighted by atomic mass is 10.0. The number of piperidine rings is 1. The predicted octanol–water partition coefficient (Wildman–Crippen LogP) is 2.64. The van der Waals surface area contributed by atoms with E-state index in [9.17, 15) is 0 Å². The van der Waals surface area contributed by atoms with Gasteiger partial charge in [0.2, 0.25) is 0 Å². The van der Waals surface area contributed by atoms with Crippen LogP contribution in [0.1, 0.15) is 52.4 Å². The molecule has 0 aromatic rings. The summed E-state index contributed by atoms with van der Waals surface area (Å²) in [5.41, 5.74) is 0. The van der Waals surface area contributed by atoms with Gasteiger partial charge in [-0.15, -0.1) is 0 Å². The third kappa shape index (κ3) is 3.74. The molecule has 94 valence electrons. The Morgan fingerprint density at radius 3 is 2.75 bits per heavy atom. The van der Waals surface area contributed by atoms with Crippen LogP contribution in [0.15, 0.2) is 0 Å². The highest BCUT2D eigenvalue weighted by Gasteiger charge is 2.25. The SMILES string of the molecule is CCN1CCCCC1CNC(C)CC1CC1. The molecule has 2 atom stereocenters. The molecular formula is C14H28N2. The molecule has 0 bridgehead atoms. The first-order valence-electron chi connectivity index (χ1n) is 7.27. The van der Waals surface area contributed by atoms with Crippen molar-refractivity contribution in [2.75, 3.05) is 19.6 Å². The fourth-order valence-electron chi connectivity index (χ4n) is 2.98. The molecule has 1 N–H and O–H groups in total. The van der Waals surface area contributed by atoms with E-state index in [2.05, 4.69) is 24.1 Å². The van der Waals surface area contributed by atoms with Crippen LogP contribution in [-0.2, 0) is 0 Å². The predicted molar refractivity (Wildman–Crippen MR) is 69.7 cm³/mol. The van der Waals surface area contributed by atoms with E-state index in [4.69, 9.17) is 0 Å². The topological polar surface area (TPSA) is 15.3 Å². The van der Waals surface area contributed by atoms with Crippen LogP contribution in [0, 0.1) is 5.92 Å². The van der Waals surface area contributed by atoms with Gasteiger partial charge in [-0.25, -0.2) is 0 Å². The minimum atomic E-state index is 0.730. The van der Waals surface area contributed by atoms with Crippen molar-refractivity contribution in [3.63, 3.8) is 0 Å². The van der Waals surface area contributed by atoms with Crippen molar-refractivity contribution < 1.29 is 0 Å². The van der Waals surface area contributed by atoms with Crippen molar-refractivity contribution in [2.45, 2.75) is 64.5 Å². The highest BCUT2D eigenvalue weighted by atomic mass is 15.2. The first-order valence-corrected chi connectivity index (χ1v) is 7.27. The molecule has 0 amide bonds. The Labute approximate surface area is 101 Å². The number of hydrogen-bond acceptors (Lipinski definition) is 2. The lowest BCUT2D eigenvalue weighted by Gasteiger charge is -2.35. The zero-order valence-corrected chi connectivity index (χ0v) is 11.0. The number of hydrogen-bond donors (Lipinski definition) is 1. The van der Waals surface area contributed by atoms with Crippen molar-refractivity contribution in [1.29, 1.82) is 0 Å². The molecule has 1 aliphatic carbocycles. The number of likely N-dealkylation sites (tertiary alicyclic amines) is 1. The number of nitrogens with zero attached hydrogens (tertiary/aromatic N) is 1. The number of rotatable bonds is 6. The van der Waals surface area contributed by atoms with Gasteiger partial charge in [0.15, 0.2) is 0 Å². The number of likely N-dealkylation sites (N-methyl/N-ethyl adjacent to an activating group) is 1. The number of nitrogens with one attached hydrogen (secondary N) is 1. The summed E-state index contributed by atoms with van der Waals surface area (Å²) in [4.78, 5) is 2.65. The molecule has 0 spiro atoms. The largest absolute Gasteiger partial charge is 0.313 e. The van der Waals surface area contributed by atoms with Gasteiger partial charge in [-0.2, -0.15) is 0 Å². The molecule has 0 radical (unpaired) electrons. The second kappa shape index (κ2) is 6.02. The average Bonchev–Trinajstić information content (AvgIpc) is 3.10. The first-order chi connectivity index (χ1) is 7.79. The minimum absolute atomic E-state index is 0.730. The van der Waals surface area contributed by atoms with Crippen LogP contribution < -0.4 is 5.32 Å². The maximum absolute atomic E-state index is 3.75. The zero-order chi connectivity index (χ0) is 11.4. The van der Waals surface area contributed by atoms with E-state index in [1.54, 1.807) is 0 Å². The molecule has 2 rings (SSSR count). The van der Waals surface area contributed by atoms with Crippen molar-refractivity contribution >= 4 is 0 Å². The van der Waals surface area contributed by atoms with E-state index in [0.29, 0.717) is 0 Å². The molecule has 1 saturated carbocycles. The standard InChI is InChI=1S/C14H28N2/c1-3-16-9-5-4-6-14(16)11-15-12(2)10-13-7-8-13/h12-15H,3-11H2,1-2H3. The molecule has 2 aliphatic rings. The van der Waals surface area contributed by atoms with Gasteiger partial charge in [0.05, 0.1) is 0 Å². The van der Waals surface area contributed by atoms with Gasteiger partial charge >= 0.3 is 0 Å². The fraction of sp³-hybridized carbons (Fsp3) is 1.00. The van der Waals surface area contributed by atoms with Gasteiger partial charge in [0.1, 0.15) is 0 Å². The smallest absolute Gasteiger partial charge is 0.0220 e. The fourth-order valence-corrected chi connectivity index (χ4v) is 2.98. The third-order valence-corrected chi connectivity index (χ3v) is 4.24. The summed E-state index contributed by atoms with van der Waals surface area (Å²) in [6, 6.07) is 1.54. The highest BCUT2D eigenvalue weighted by Crippen LogP contribution is 2.33. The average molecular weight is 224 g/mol. The van der Waals surface area contributed by atoms with E-state index in [-0.39, 0.29) is 0 Å². The molecule has 1 saturated heterocycles. The molecule has 16 heavy (non-hydrogen) atoms. The van der Waals surface area contributed by atoms with Gasteiger partial charge < -0.3 is 5.32 Å². The summed E-state index contributed by atoms with van der Waals surface area (Å²) < 4.78 is 0. The first kappa shape index (κ1) is 12.4. The Kier molecular flexibility index (Phi) is 4.66. The lowest BCUT2D eigenvalue weighted by Crippen LogP contribution is -2.47. The van der Waals surface area contributed by atoms with Gasteiger partial charge in [-0.05, 0) is 45.2 Å². The van der Waals surface area contributed by atoms with E-state index in [1.807, 2.05) is 0 Å². The van der Waals surface area contributed by atoms with E-state index < -0.39 is 0 Å². The second-order valence-electron chi connectivity index (χ2n) is 5.77. The molecule has 0 aromatic heterocycles. The maximum atomic E-state index is 3.75. The molecule has 2 heteroatoms. The molecule has 0 aromatic carbocycles. The lowest BCUT2D eigenvalue weighted by molar-refractivity contribution is 0.150. The van der Waals surface area contributed by atoms with Crippen LogP contribution in [0.3, 0.4) is 0 Å². The van der Waals surface area contributed by atoms with Gasteiger partial charge in [0.25, 0.3) is 0 Å². The van der Waals surface area contributed by atoms with Crippen LogP contribution in [0.2, 0.25) is 0 Å². The van der Waals surface area contributed by atoms with E-state index >= 15 is 0 Å². The molecule has 2 nitrogen and oxygen atoms in total. The molecule has 1 heterocycles. The highest BCUT2D eigenvalue weighted by molar-refractivity contribution is 4.82. The summed E-state index contributed by atoms with van der Waals surface area (Å²) in [5, 5.41) is 3.75. The third-order valence-electron chi connectivity index (χ3n) is 4.24. The molecular weight excluding hydrogens is 196 g/mol. The minimum Gasteiger partial charge on any atom is -0.313 e. The Morgan fingerprint density at radius 2 is 2.06 bits per heavy atom. The molecule has 2 unspecified atom stereocenters. The van der Waals surface area contributed by atoms with Crippen LogP contribution in [0.25, 0.3) is 0 Å². The quantitative estimate of drug-likeness (QED) is 0.746. The summed E-state index contributed by atoms with van der Waals surface area (Å²) in [6.07, 6.45) is 8.60. The van der Waals surface area contributed by atoms with E-state index in [1.165, 1.54) is 58.2 Å². The van der Waals surface area contributed by atoms with Gasteiger partial charge in [0, 0.05) is 18.6 Å².